The molecular formula is C16H19FN2O3S2. The van der Waals surface area contributed by atoms with Gasteiger partial charge < -0.3 is 4.90 Å². The Morgan fingerprint density at radius 3 is 2.33 bits per heavy atom. The number of rotatable bonds is 7. The number of likely N-dealkylation sites (N-methyl/N-ethyl adjacent to an activating group) is 1. The molecule has 0 unspecified atom stereocenters. The van der Waals surface area contributed by atoms with Gasteiger partial charge in [-0.15, -0.1) is 11.3 Å². The SMILES string of the molecule is CCN(CC)C(=O)CN(c1ccccc1F)S(=O)(=O)c1cccs1. The van der Waals surface area contributed by atoms with Gasteiger partial charge in [-0.05, 0) is 37.4 Å². The van der Waals surface area contributed by atoms with Crippen LogP contribution in [0.4, 0.5) is 10.1 Å². The third-order valence-corrected chi connectivity index (χ3v) is 6.69. The molecule has 0 radical (unpaired) electrons. The van der Waals surface area contributed by atoms with Gasteiger partial charge in [0.1, 0.15) is 16.6 Å². The summed E-state index contributed by atoms with van der Waals surface area (Å²) in [7, 11) is -4.01. The molecule has 1 aromatic heterocycles. The van der Waals surface area contributed by atoms with Crippen LogP contribution >= 0.6 is 11.3 Å². The molecule has 0 aliphatic rings. The number of thiophene rings is 1. The molecule has 0 N–H and O–H groups in total. The van der Waals surface area contributed by atoms with Crippen molar-refractivity contribution in [3.05, 3.63) is 47.6 Å². The molecule has 0 aliphatic heterocycles. The summed E-state index contributed by atoms with van der Waals surface area (Å²) in [5, 5.41) is 1.62. The molecule has 0 spiro atoms. The lowest BCUT2D eigenvalue weighted by atomic mass is 10.3. The minimum atomic E-state index is -4.01. The Hall–Kier alpha value is -1.93. The van der Waals surface area contributed by atoms with Crippen molar-refractivity contribution in [2.45, 2.75) is 18.1 Å². The molecule has 1 amide bonds. The quantitative estimate of drug-likeness (QED) is 0.753. The lowest BCUT2D eigenvalue weighted by Gasteiger charge is -2.27. The standard InChI is InChI=1S/C16H19FN2O3S2/c1-3-18(4-2)15(20)12-19(14-9-6-5-8-13(14)17)24(21,22)16-10-7-11-23-16/h5-11H,3-4,12H2,1-2H3. The van der Waals surface area contributed by atoms with Gasteiger partial charge in [-0.2, -0.15) is 0 Å². The summed E-state index contributed by atoms with van der Waals surface area (Å²) in [6, 6.07) is 8.58. The molecule has 5 nitrogen and oxygen atoms in total. The van der Waals surface area contributed by atoms with Crippen LogP contribution in [0.25, 0.3) is 0 Å². The first-order valence-electron chi connectivity index (χ1n) is 7.50. The highest BCUT2D eigenvalue weighted by atomic mass is 32.2. The maximum Gasteiger partial charge on any atom is 0.274 e. The van der Waals surface area contributed by atoms with Crippen LogP contribution < -0.4 is 4.31 Å². The Morgan fingerprint density at radius 2 is 1.79 bits per heavy atom. The van der Waals surface area contributed by atoms with Gasteiger partial charge in [0, 0.05) is 13.1 Å². The maximum absolute atomic E-state index is 14.2. The molecule has 2 rings (SSSR count). The molecule has 0 saturated carbocycles. The highest BCUT2D eigenvalue weighted by Gasteiger charge is 2.30. The molecule has 0 aliphatic carbocycles. The number of para-hydroxylation sites is 1. The largest absolute Gasteiger partial charge is 0.342 e. The summed E-state index contributed by atoms with van der Waals surface area (Å²) in [6.07, 6.45) is 0. The van der Waals surface area contributed by atoms with Gasteiger partial charge in [-0.3, -0.25) is 9.10 Å². The van der Waals surface area contributed by atoms with E-state index in [0.29, 0.717) is 13.1 Å². The third kappa shape index (κ3) is 3.76. The summed E-state index contributed by atoms with van der Waals surface area (Å²) in [4.78, 5) is 13.9. The minimum Gasteiger partial charge on any atom is -0.342 e. The maximum atomic E-state index is 14.2. The Labute approximate surface area is 145 Å². The molecule has 8 heteroatoms. The number of sulfonamides is 1. The Kier molecular flexibility index (Phi) is 5.95. The van der Waals surface area contributed by atoms with Crippen molar-refractivity contribution in [3.8, 4) is 0 Å². The zero-order valence-corrected chi connectivity index (χ0v) is 15.1. The summed E-state index contributed by atoms with van der Waals surface area (Å²) < 4.78 is 40.9. The number of anilines is 1. The lowest BCUT2D eigenvalue weighted by molar-refractivity contribution is -0.129. The Bertz CT molecular complexity index is 787. The Morgan fingerprint density at radius 1 is 1.12 bits per heavy atom. The van der Waals surface area contributed by atoms with E-state index in [1.807, 2.05) is 13.8 Å². The van der Waals surface area contributed by atoms with E-state index >= 15 is 0 Å². The highest BCUT2D eigenvalue weighted by Crippen LogP contribution is 2.28. The number of nitrogens with zero attached hydrogens (tertiary/aromatic N) is 2. The van der Waals surface area contributed by atoms with E-state index in [2.05, 4.69) is 0 Å². The number of benzene rings is 1. The van der Waals surface area contributed by atoms with Crippen LogP contribution in [0.1, 0.15) is 13.8 Å². The summed E-state index contributed by atoms with van der Waals surface area (Å²) in [5.74, 6) is -1.06. The number of hydrogen-bond acceptors (Lipinski definition) is 4. The first-order valence-corrected chi connectivity index (χ1v) is 9.82. The van der Waals surface area contributed by atoms with Crippen molar-refractivity contribution in [1.29, 1.82) is 0 Å². The van der Waals surface area contributed by atoms with Crippen LogP contribution in [0.3, 0.4) is 0 Å². The number of carbonyl (C=O) groups excluding carboxylic acids is 1. The van der Waals surface area contributed by atoms with Crippen LogP contribution in [-0.2, 0) is 14.8 Å². The minimum absolute atomic E-state index is 0.0677. The lowest BCUT2D eigenvalue weighted by Crippen LogP contribution is -2.43. The first kappa shape index (κ1) is 18.4. The van der Waals surface area contributed by atoms with Gasteiger partial charge in [0.2, 0.25) is 5.91 Å². The zero-order chi connectivity index (χ0) is 17.7. The summed E-state index contributed by atoms with van der Waals surface area (Å²) >= 11 is 1.03. The van der Waals surface area contributed by atoms with E-state index in [0.717, 1.165) is 15.6 Å². The molecule has 0 saturated heterocycles. The van der Waals surface area contributed by atoms with Gasteiger partial charge in [0.05, 0.1) is 5.69 Å². The Balaban J connectivity index is 2.47. The zero-order valence-electron chi connectivity index (χ0n) is 13.5. The van der Waals surface area contributed by atoms with Gasteiger partial charge >= 0.3 is 0 Å². The van der Waals surface area contributed by atoms with Crippen molar-refractivity contribution >= 4 is 33.0 Å². The van der Waals surface area contributed by atoms with Crippen LogP contribution in [-0.4, -0.2) is 38.9 Å². The molecular weight excluding hydrogens is 351 g/mol. The second-order valence-corrected chi connectivity index (χ2v) is 8.00. The number of halogens is 1. The second-order valence-electron chi connectivity index (χ2n) is 4.96. The number of carbonyl (C=O) groups is 1. The summed E-state index contributed by atoms with van der Waals surface area (Å²) in [6.45, 7) is 4.09. The molecule has 2 aromatic rings. The smallest absolute Gasteiger partial charge is 0.274 e. The molecule has 1 heterocycles. The van der Waals surface area contributed by atoms with Crippen LogP contribution in [0.15, 0.2) is 46.0 Å². The van der Waals surface area contributed by atoms with E-state index in [4.69, 9.17) is 0 Å². The van der Waals surface area contributed by atoms with Gasteiger partial charge in [-0.1, -0.05) is 18.2 Å². The van der Waals surface area contributed by atoms with Crippen LogP contribution in [0.5, 0.6) is 0 Å². The fourth-order valence-corrected chi connectivity index (χ4v) is 4.80. The normalized spacial score (nSPS) is 11.3. The van der Waals surface area contributed by atoms with Gasteiger partial charge in [-0.25, -0.2) is 12.8 Å². The van der Waals surface area contributed by atoms with Crippen molar-refractivity contribution in [1.82, 2.24) is 4.90 Å². The number of hydrogen-bond donors (Lipinski definition) is 0. The van der Waals surface area contributed by atoms with E-state index in [9.17, 15) is 17.6 Å². The van der Waals surface area contributed by atoms with E-state index in [1.54, 1.807) is 11.4 Å². The van der Waals surface area contributed by atoms with Crippen molar-refractivity contribution in [2.75, 3.05) is 23.9 Å². The van der Waals surface area contributed by atoms with Crippen molar-refractivity contribution in [2.24, 2.45) is 0 Å². The second kappa shape index (κ2) is 7.76. The van der Waals surface area contributed by atoms with Crippen LogP contribution in [0.2, 0.25) is 0 Å². The fourth-order valence-electron chi connectivity index (χ4n) is 2.27. The van der Waals surface area contributed by atoms with Gasteiger partial charge in [0.25, 0.3) is 10.0 Å². The first-order chi connectivity index (χ1) is 11.4. The molecule has 24 heavy (non-hydrogen) atoms. The monoisotopic (exact) mass is 370 g/mol. The predicted octanol–water partition coefficient (Wildman–Crippen LogP) is 2.95. The van der Waals surface area contributed by atoms with Gasteiger partial charge in [0.15, 0.2) is 0 Å². The van der Waals surface area contributed by atoms with E-state index < -0.39 is 22.4 Å². The molecule has 130 valence electrons. The fraction of sp³-hybridized carbons (Fsp3) is 0.312. The number of amides is 1. The van der Waals surface area contributed by atoms with E-state index in [-0.39, 0.29) is 15.8 Å². The topological polar surface area (TPSA) is 57.7 Å². The molecule has 0 atom stereocenters. The highest BCUT2D eigenvalue weighted by molar-refractivity contribution is 7.94. The third-order valence-electron chi connectivity index (χ3n) is 3.56. The molecule has 1 aromatic carbocycles. The average molecular weight is 370 g/mol. The molecule has 0 bridgehead atoms. The summed E-state index contributed by atoms with van der Waals surface area (Å²) in [5.41, 5.74) is -0.133. The van der Waals surface area contributed by atoms with Crippen molar-refractivity contribution in [3.63, 3.8) is 0 Å². The average Bonchev–Trinajstić information content (AvgIpc) is 3.10. The van der Waals surface area contributed by atoms with E-state index in [1.165, 1.54) is 35.2 Å². The van der Waals surface area contributed by atoms with Crippen LogP contribution in [0, 0.1) is 5.82 Å². The molecule has 0 fully saturated rings. The predicted molar refractivity (Wildman–Crippen MR) is 93.2 cm³/mol. The van der Waals surface area contributed by atoms with Crippen molar-refractivity contribution < 1.29 is 17.6 Å².